The van der Waals surface area contributed by atoms with Crippen molar-refractivity contribution in [1.82, 2.24) is 9.88 Å². The fourth-order valence-electron chi connectivity index (χ4n) is 2.09. The molecule has 1 N–H and O–H groups in total. The van der Waals surface area contributed by atoms with E-state index in [0.29, 0.717) is 18.5 Å². The summed E-state index contributed by atoms with van der Waals surface area (Å²) >= 11 is 0. The fraction of sp³-hybridized carbons (Fsp3) is 0.714. The van der Waals surface area contributed by atoms with E-state index in [-0.39, 0.29) is 5.75 Å². The molecule has 0 bridgehead atoms. The van der Waals surface area contributed by atoms with Crippen LogP contribution in [-0.4, -0.2) is 31.5 Å². The van der Waals surface area contributed by atoms with Crippen molar-refractivity contribution in [3.8, 4) is 0 Å². The van der Waals surface area contributed by atoms with Crippen LogP contribution >= 0.6 is 0 Å². The molecule has 1 unspecified atom stereocenters. The fourth-order valence-corrected chi connectivity index (χ4v) is 2.63. The quantitative estimate of drug-likeness (QED) is 0.797. The first-order valence-corrected chi connectivity index (χ1v) is 8.96. The Balaban J connectivity index is 2.70. The Morgan fingerprint density at radius 1 is 1.37 bits per heavy atom. The van der Waals surface area contributed by atoms with Gasteiger partial charge in [0.05, 0.1) is 5.75 Å². The minimum atomic E-state index is -2.90. The van der Waals surface area contributed by atoms with Gasteiger partial charge in [-0.25, -0.2) is 8.42 Å². The maximum absolute atomic E-state index is 11.2. The molecule has 1 aromatic heterocycles. The Morgan fingerprint density at radius 2 is 2.05 bits per heavy atom. The standard InChI is InChI=1S/C14H26N2O2S/c1-5-7-15-14(12(2)3)13-6-8-16(11-13)9-10-19(4,17)18/h6,8,11-12,14-15H,5,7,9-10H2,1-4H3. The maximum Gasteiger partial charge on any atom is 0.149 e. The molecule has 0 aliphatic heterocycles. The highest BCUT2D eigenvalue weighted by atomic mass is 32.2. The van der Waals surface area contributed by atoms with Crippen LogP contribution in [0, 0.1) is 5.92 Å². The van der Waals surface area contributed by atoms with Gasteiger partial charge < -0.3 is 9.88 Å². The van der Waals surface area contributed by atoms with Crippen molar-refractivity contribution >= 4 is 9.84 Å². The molecule has 0 spiro atoms. The minimum Gasteiger partial charge on any atom is -0.353 e. The van der Waals surface area contributed by atoms with Crippen molar-refractivity contribution in [2.75, 3.05) is 18.6 Å². The molecule has 0 fully saturated rings. The van der Waals surface area contributed by atoms with Crippen molar-refractivity contribution in [2.24, 2.45) is 5.92 Å². The lowest BCUT2D eigenvalue weighted by Crippen LogP contribution is -2.26. The lowest BCUT2D eigenvalue weighted by atomic mass is 9.98. The molecule has 110 valence electrons. The summed E-state index contributed by atoms with van der Waals surface area (Å²) in [6.45, 7) is 8.07. The summed E-state index contributed by atoms with van der Waals surface area (Å²) in [7, 11) is -2.90. The molecule has 1 aromatic rings. The van der Waals surface area contributed by atoms with Crippen molar-refractivity contribution in [2.45, 2.75) is 39.8 Å². The molecule has 19 heavy (non-hydrogen) atoms. The van der Waals surface area contributed by atoms with Crippen LogP contribution in [0.15, 0.2) is 18.5 Å². The van der Waals surface area contributed by atoms with Crippen LogP contribution in [0.4, 0.5) is 0 Å². The van der Waals surface area contributed by atoms with Crippen molar-refractivity contribution in [3.05, 3.63) is 24.0 Å². The predicted octanol–water partition coefficient (Wildman–Crippen LogP) is 2.23. The van der Waals surface area contributed by atoms with Crippen LogP contribution in [0.3, 0.4) is 0 Å². The molecule has 5 heteroatoms. The number of nitrogens with zero attached hydrogens (tertiary/aromatic N) is 1. The molecule has 0 radical (unpaired) electrons. The topological polar surface area (TPSA) is 51.1 Å². The summed E-state index contributed by atoms with van der Waals surface area (Å²) < 4.78 is 24.3. The molecule has 0 aliphatic carbocycles. The SMILES string of the molecule is CCCNC(c1ccn(CCS(C)(=O)=O)c1)C(C)C. The Kier molecular flexibility index (Phi) is 6.07. The van der Waals surface area contributed by atoms with Crippen LogP contribution in [-0.2, 0) is 16.4 Å². The van der Waals surface area contributed by atoms with Gasteiger partial charge in [0.15, 0.2) is 0 Å². The first-order chi connectivity index (χ1) is 8.83. The first kappa shape index (κ1) is 16.2. The number of sulfone groups is 1. The monoisotopic (exact) mass is 286 g/mol. The van der Waals surface area contributed by atoms with Crippen molar-refractivity contribution in [3.63, 3.8) is 0 Å². The summed E-state index contributed by atoms with van der Waals surface area (Å²) in [5.74, 6) is 0.702. The van der Waals surface area contributed by atoms with Gasteiger partial charge >= 0.3 is 0 Å². The molecule has 1 heterocycles. The van der Waals surface area contributed by atoms with Gasteiger partial charge in [0.25, 0.3) is 0 Å². The van der Waals surface area contributed by atoms with E-state index in [1.165, 1.54) is 11.8 Å². The second-order valence-corrected chi connectivity index (χ2v) is 7.75. The molecule has 4 nitrogen and oxygen atoms in total. The van der Waals surface area contributed by atoms with E-state index in [1.807, 2.05) is 10.8 Å². The third-order valence-corrected chi connectivity index (χ3v) is 4.06. The molecule has 0 saturated heterocycles. The average molecular weight is 286 g/mol. The molecular formula is C14H26N2O2S. The Hall–Kier alpha value is -0.810. The zero-order chi connectivity index (χ0) is 14.5. The Bertz CT molecular complexity index is 477. The average Bonchev–Trinajstić information content (AvgIpc) is 2.74. The molecule has 0 saturated carbocycles. The van der Waals surface area contributed by atoms with E-state index < -0.39 is 9.84 Å². The maximum atomic E-state index is 11.2. The number of rotatable bonds is 8. The highest BCUT2D eigenvalue weighted by molar-refractivity contribution is 7.90. The number of nitrogens with one attached hydrogen (secondary N) is 1. The van der Waals surface area contributed by atoms with E-state index in [1.54, 1.807) is 0 Å². The first-order valence-electron chi connectivity index (χ1n) is 6.90. The van der Waals surface area contributed by atoms with E-state index in [0.717, 1.165) is 13.0 Å². The molecule has 0 amide bonds. The number of hydrogen-bond donors (Lipinski definition) is 1. The van der Waals surface area contributed by atoms with Crippen LogP contribution in [0.5, 0.6) is 0 Å². The van der Waals surface area contributed by atoms with Gasteiger partial charge in [-0.15, -0.1) is 0 Å². The van der Waals surface area contributed by atoms with Crippen molar-refractivity contribution < 1.29 is 8.42 Å². The molecule has 1 atom stereocenters. The summed E-state index contributed by atoms with van der Waals surface area (Å²) in [5.41, 5.74) is 1.23. The smallest absolute Gasteiger partial charge is 0.149 e. The summed E-state index contributed by atoms with van der Waals surface area (Å²) in [6, 6.07) is 2.41. The largest absolute Gasteiger partial charge is 0.353 e. The van der Waals surface area contributed by atoms with Gasteiger partial charge in [-0.2, -0.15) is 0 Å². The van der Waals surface area contributed by atoms with E-state index in [2.05, 4.69) is 38.4 Å². The third-order valence-electron chi connectivity index (χ3n) is 3.13. The van der Waals surface area contributed by atoms with Crippen LogP contribution < -0.4 is 5.32 Å². The second kappa shape index (κ2) is 7.10. The molecule has 0 aliphatic rings. The zero-order valence-corrected chi connectivity index (χ0v) is 13.2. The van der Waals surface area contributed by atoms with Crippen LogP contribution in [0.2, 0.25) is 0 Å². The van der Waals surface area contributed by atoms with Gasteiger partial charge in [0, 0.05) is 31.2 Å². The van der Waals surface area contributed by atoms with Gasteiger partial charge in [-0.3, -0.25) is 0 Å². The van der Waals surface area contributed by atoms with Gasteiger partial charge in [-0.1, -0.05) is 20.8 Å². The van der Waals surface area contributed by atoms with Crippen LogP contribution in [0.1, 0.15) is 38.8 Å². The van der Waals surface area contributed by atoms with E-state index in [9.17, 15) is 8.42 Å². The van der Waals surface area contributed by atoms with Crippen LogP contribution in [0.25, 0.3) is 0 Å². The second-order valence-electron chi connectivity index (χ2n) is 5.49. The number of hydrogen-bond acceptors (Lipinski definition) is 3. The Morgan fingerprint density at radius 3 is 2.58 bits per heavy atom. The van der Waals surface area contributed by atoms with Gasteiger partial charge in [0.1, 0.15) is 9.84 Å². The highest BCUT2D eigenvalue weighted by Gasteiger charge is 2.16. The summed E-state index contributed by atoms with van der Waals surface area (Å²) in [5, 5.41) is 3.54. The zero-order valence-electron chi connectivity index (χ0n) is 12.4. The molecular weight excluding hydrogens is 260 g/mol. The number of aryl methyl sites for hydroxylation is 1. The Labute approximate surface area is 117 Å². The molecule has 1 rings (SSSR count). The lowest BCUT2D eigenvalue weighted by molar-refractivity contribution is 0.412. The number of aromatic nitrogens is 1. The van der Waals surface area contributed by atoms with Gasteiger partial charge in [-0.05, 0) is 30.5 Å². The van der Waals surface area contributed by atoms with Crippen molar-refractivity contribution in [1.29, 1.82) is 0 Å². The predicted molar refractivity (Wildman–Crippen MR) is 80.0 cm³/mol. The summed E-state index contributed by atoms with van der Waals surface area (Å²) in [6.07, 6.45) is 6.40. The molecule has 0 aromatic carbocycles. The highest BCUT2D eigenvalue weighted by Crippen LogP contribution is 2.21. The lowest BCUT2D eigenvalue weighted by Gasteiger charge is -2.21. The summed E-state index contributed by atoms with van der Waals surface area (Å²) in [4.78, 5) is 0. The normalized spacial score (nSPS) is 13.9. The van der Waals surface area contributed by atoms with Gasteiger partial charge in [0.2, 0.25) is 0 Å². The third kappa shape index (κ3) is 5.78. The van der Waals surface area contributed by atoms with E-state index in [4.69, 9.17) is 0 Å². The minimum absolute atomic E-state index is 0.190. The van der Waals surface area contributed by atoms with E-state index >= 15 is 0 Å².